The van der Waals surface area contributed by atoms with E-state index in [-0.39, 0.29) is 31.1 Å². The Morgan fingerprint density at radius 3 is 0.851 bits per heavy atom. The summed E-state index contributed by atoms with van der Waals surface area (Å²) in [5.74, 6) is 0.884. The van der Waals surface area contributed by atoms with Crippen molar-refractivity contribution in [1.29, 1.82) is 0 Å². The summed E-state index contributed by atoms with van der Waals surface area (Å²) in [4.78, 5) is 38.2. The topological polar surface area (TPSA) is 78.9 Å². The molecule has 0 aromatic heterocycles. The number of carbonyl (C=O) groups is 3. The van der Waals surface area contributed by atoms with E-state index >= 15 is 0 Å². The molecule has 398 valence electrons. The first kappa shape index (κ1) is 65.4. The SMILES string of the molecule is CCCCCCCCCCCCCCCCCCCC(=O)OC[C@H](COC(=O)CCCCCCCCCCCCCCCCC(C)CC)OC(=O)CCCCCCCCCCCCCC(C)C. The second-order valence-corrected chi connectivity index (χ2v) is 21.7. The smallest absolute Gasteiger partial charge is 0.306 e. The maximum absolute atomic E-state index is 12.9. The fraction of sp³-hybridized carbons (Fsp3) is 0.951. The van der Waals surface area contributed by atoms with Crippen LogP contribution in [-0.4, -0.2) is 37.2 Å². The van der Waals surface area contributed by atoms with E-state index < -0.39 is 6.10 Å². The summed E-state index contributed by atoms with van der Waals surface area (Å²) < 4.78 is 16.9. The summed E-state index contributed by atoms with van der Waals surface area (Å²) in [6, 6.07) is 0. The van der Waals surface area contributed by atoms with Crippen LogP contribution in [0.15, 0.2) is 0 Å². The molecule has 1 unspecified atom stereocenters. The predicted molar refractivity (Wildman–Crippen MR) is 289 cm³/mol. The Morgan fingerprint density at radius 2 is 0.567 bits per heavy atom. The van der Waals surface area contributed by atoms with E-state index in [0.717, 1.165) is 69.6 Å². The van der Waals surface area contributed by atoms with E-state index in [2.05, 4.69) is 34.6 Å². The van der Waals surface area contributed by atoms with Crippen LogP contribution < -0.4 is 0 Å². The van der Waals surface area contributed by atoms with Gasteiger partial charge in [-0.05, 0) is 31.1 Å². The highest BCUT2D eigenvalue weighted by molar-refractivity contribution is 5.71. The molecule has 0 amide bonds. The van der Waals surface area contributed by atoms with Gasteiger partial charge < -0.3 is 14.2 Å². The van der Waals surface area contributed by atoms with Gasteiger partial charge in [0.15, 0.2) is 6.10 Å². The lowest BCUT2D eigenvalue weighted by Crippen LogP contribution is -2.30. The van der Waals surface area contributed by atoms with E-state index in [1.54, 1.807) is 0 Å². The lowest BCUT2D eigenvalue weighted by Gasteiger charge is -2.18. The molecule has 0 aliphatic carbocycles. The molecule has 0 spiro atoms. The van der Waals surface area contributed by atoms with Crippen molar-refractivity contribution in [3.8, 4) is 0 Å². The van der Waals surface area contributed by atoms with Crippen LogP contribution in [0, 0.1) is 11.8 Å². The van der Waals surface area contributed by atoms with Gasteiger partial charge in [-0.3, -0.25) is 14.4 Å². The zero-order chi connectivity index (χ0) is 48.9. The van der Waals surface area contributed by atoms with Crippen molar-refractivity contribution in [3.05, 3.63) is 0 Å². The van der Waals surface area contributed by atoms with Crippen molar-refractivity contribution in [2.45, 2.75) is 349 Å². The summed E-state index contributed by atoms with van der Waals surface area (Å²) >= 11 is 0. The molecule has 0 aromatic rings. The van der Waals surface area contributed by atoms with Gasteiger partial charge in [-0.2, -0.15) is 0 Å². The molecule has 0 rings (SSSR count). The highest BCUT2D eigenvalue weighted by Crippen LogP contribution is 2.19. The summed E-state index contributed by atoms with van der Waals surface area (Å²) in [5, 5.41) is 0. The molecule has 0 radical (unpaired) electrons. The zero-order valence-electron chi connectivity index (χ0n) is 46.0. The van der Waals surface area contributed by atoms with Crippen LogP contribution in [0.2, 0.25) is 0 Å². The molecular formula is C61H118O6. The number of unbranched alkanes of at least 4 members (excludes halogenated alkanes) is 39. The second-order valence-electron chi connectivity index (χ2n) is 21.7. The molecule has 2 atom stereocenters. The van der Waals surface area contributed by atoms with E-state index in [4.69, 9.17) is 14.2 Å². The highest BCUT2D eigenvalue weighted by Gasteiger charge is 2.19. The molecule has 6 heteroatoms. The average Bonchev–Trinajstić information content (AvgIpc) is 3.31. The Bertz CT molecular complexity index is 1030. The summed E-state index contributed by atoms with van der Waals surface area (Å²) in [7, 11) is 0. The highest BCUT2D eigenvalue weighted by atomic mass is 16.6. The Labute approximate surface area is 418 Å². The lowest BCUT2D eigenvalue weighted by atomic mass is 9.99. The normalized spacial score (nSPS) is 12.4. The molecule has 0 saturated carbocycles. The molecule has 6 nitrogen and oxygen atoms in total. The van der Waals surface area contributed by atoms with Gasteiger partial charge in [-0.15, -0.1) is 0 Å². The number of esters is 3. The van der Waals surface area contributed by atoms with Crippen molar-refractivity contribution < 1.29 is 28.6 Å². The van der Waals surface area contributed by atoms with Crippen molar-refractivity contribution in [1.82, 2.24) is 0 Å². The summed E-state index contributed by atoms with van der Waals surface area (Å²) in [6.07, 6.45) is 58.0. The molecular weight excluding hydrogens is 829 g/mol. The third-order valence-corrected chi connectivity index (χ3v) is 14.3. The fourth-order valence-electron chi connectivity index (χ4n) is 9.37. The van der Waals surface area contributed by atoms with Gasteiger partial charge in [-0.1, -0.05) is 304 Å². The second kappa shape index (κ2) is 53.8. The molecule has 0 N–H and O–H groups in total. The molecule has 0 saturated heterocycles. The molecule has 0 bridgehead atoms. The minimum Gasteiger partial charge on any atom is -0.462 e. The largest absolute Gasteiger partial charge is 0.462 e. The minimum absolute atomic E-state index is 0.0624. The Balaban J connectivity index is 4.28. The predicted octanol–water partition coefficient (Wildman–Crippen LogP) is 20.0. The van der Waals surface area contributed by atoms with Crippen LogP contribution in [0.1, 0.15) is 343 Å². The summed E-state index contributed by atoms with van der Waals surface area (Å²) in [6.45, 7) is 11.5. The van der Waals surface area contributed by atoms with E-state index in [0.29, 0.717) is 19.3 Å². The van der Waals surface area contributed by atoms with Gasteiger partial charge >= 0.3 is 17.9 Å². The third-order valence-electron chi connectivity index (χ3n) is 14.3. The van der Waals surface area contributed by atoms with Crippen molar-refractivity contribution in [2.24, 2.45) is 11.8 Å². The molecule has 0 aromatic carbocycles. The first-order valence-corrected chi connectivity index (χ1v) is 30.3. The lowest BCUT2D eigenvalue weighted by molar-refractivity contribution is -0.167. The van der Waals surface area contributed by atoms with Gasteiger partial charge in [0.05, 0.1) is 0 Å². The minimum atomic E-state index is -0.763. The Kier molecular flexibility index (Phi) is 52.5. The number of hydrogen-bond acceptors (Lipinski definition) is 6. The van der Waals surface area contributed by atoms with Crippen molar-refractivity contribution >= 4 is 17.9 Å². The van der Waals surface area contributed by atoms with Gasteiger partial charge in [-0.25, -0.2) is 0 Å². The summed E-state index contributed by atoms with van der Waals surface area (Å²) in [5.41, 5.74) is 0. The number of hydrogen-bond donors (Lipinski definition) is 0. The standard InChI is InChI=1S/C61H118O6/c1-6-8-9-10-11-12-13-14-15-16-17-21-26-31-36-41-46-51-59(62)65-54-58(67-61(64)53-48-43-38-33-28-23-24-29-34-39-44-49-56(3)4)55-66-60(63)52-47-42-37-32-27-22-19-18-20-25-30-35-40-45-50-57(5)7-2/h56-58H,6-55H2,1-5H3/t57?,58-/m1/s1. The van der Waals surface area contributed by atoms with E-state index in [1.165, 1.54) is 231 Å². The average molecular weight is 948 g/mol. The monoisotopic (exact) mass is 947 g/mol. The molecule has 67 heavy (non-hydrogen) atoms. The number of carbonyl (C=O) groups excluding carboxylic acids is 3. The van der Waals surface area contributed by atoms with Crippen LogP contribution in [-0.2, 0) is 28.6 Å². The van der Waals surface area contributed by atoms with Gasteiger partial charge in [0.1, 0.15) is 13.2 Å². The van der Waals surface area contributed by atoms with Crippen molar-refractivity contribution in [3.63, 3.8) is 0 Å². The maximum Gasteiger partial charge on any atom is 0.306 e. The molecule has 0 heterocycles. The van der Waals surface area contributed by atoms with Crippen molar-refractivity contribution in [2.75, 3.05) is 13.2 Å². The van der Waals surface area contributed by atoms with Crippen LogP contribution in [0.4, 0.5) is 0 Å². The van der Waals surface area contributed by atoms with Crippen LogP contribution in [0.3, 0.4) is 0 Å². The molecule has 0 aliphatic rings. The van der Waals surface area contributed by atoms with E-state index in [9.17, 15) is 14.4 Å². The van der Waals surface area contributed by atoms with Crippen LogP contribution >= 0.6 is 0 Å². The number of rotatable bonds is 55. The number of ether oxygens (including phenoxy) is 3. The van der Waals surface area contributed by atoms with Gasteiger partial charge in [0, 0.05) is 19.3 Å². The molecule has 0 fully saturated rings. The Hall–Kier alpha value is -1.59. The zero-order valence-corrected chi connectivity index (χ0v) is 46.0. The fourth-order valence-corrected chi connectivity index (χ4v) is 9.37. The van der Waals surface area contributed by atoms with Crippen LogP contribution in [0.5, 0.6) is 0 Å². The Morgan fingerprint density at radius 1 is 0.313 bits per heavy atom. The first-order chi connectivity index (χ1) is 32.8. The maximum atomic E-state index is 12.9. The third kappa shape index (κ3) is 53.6. The van der Waals surface area contributed by atoms with E-state index in [1.807, 2.05) is 0 Å². The first-order valence-electron chi connectivity index (χ1n) is 30.3. The quantitative estimate of drug-likeness (QED) is 0.0343. The van der Waals surface area contributed by atoms with Crippen LogP contribution in [0.25, 0.3) is 0 Å². The van der Waals surface area contributed by atoms with Gasteiger partial charge in [0.2, 0.25) is 0 Å². The molecule has 0 aliphatic heterocycles. The van der Waals surface area contributed by atoms with Gasteiger partial charge in [0.25, 0.3) is 0 Å².